The van der Waals surface area contributed by atoms with Crippen molar-refractivity contribution in [3.8, 4) is 23.3 Å². The number of hydrogen-bond donors (Lipinski definition) is 1. The summed E-state index contributed by atoms with van der Waals surface area (Å²) in [4.78, 5) is 25.1. The maximum absolute atomic E-state index is 12.5. The number of benzene rings is 3. The molecule has 0 heterocycles. The van der Waals surface area contributed by atoms with E-state index in [1.165, 1.54) is 12.1 Å². The van der Waals surface area contributed by atoms with Gasteiger partial charge in [-0.1, -0.05) is 41.9 Å². The zero-order valence-corrected chi connectivity index (χ0v) is 20.0. The molecule has 1 amide bonds. The van der Waals surface area contributed by atoms with Crippen molar-refractivity contribution in [2.45, 2.75) is 13.5 Å². The van der Waals surface area contributed by atoms with E-state index in [9.17, 15) is 14.9 Å². The average Bonchev–Trinajstić information content (AvgIpc) is 2.87. The van der Waals surface area contributed by atoms with Gasteiger partial charge in [-0.3, -0.25) is 4.79 Å². The van der Waals surface area contributed by atoms with Gasteiger partial charge in [-0.2, -0.15) is 5.26 Å². The minimum Gasteiger partial charge on any atom is -0.497 e. The van der Waals surface area contributed by atoms with E-state index in [0.29, 0.717) is 17.9 Å². The molecule has 1 N–H and O–H groups in total. The van der Waals surface area contributed by atoms with Crippen LogP contribution >= 0.6 is 11.6 Å². The number of carbonyl (C=O) groups is 2. The van der Waals surface area contributed by atoms with Crippen LogP contribution in [0.15, 0.2) is 72.3 Å². The summed E-state index contributed by atoms with van der Waals surface area (Å²) >= 11 is 6.08. The lowest BCUT2D eigenvalue weighted by Gasteiger charge is -2.12. The Morgan fingerprint density at radius 2 is 1.80 bits per heavy atom. The monoisotopic (exact) mass is 490 g/mol. The van der Waals surface area contributed by atoms with Crippen molar-refractivity contribution in [3.05, 3.63) is 94.0 Å². The van der Waals surface area contributed by atoms with Crippen molar-refractivity contribution < 1.29 is 23.8 Å². The van der Waals surface area contributed by atoms with Gasteiger partial charge in [-0.05, 0) is 60.5 Å². The van der Waals surface area contributed by atoms with Gasteiger partial charge in [0.2, 0.25) is 0 Å². The van der Waals surface area contributed by atoms with Crippen molar-refractivity contribution in [3.63, 3.8) is 0 Å². The van der Waals surface area contributed by atoms with Gasteiger partial charge in [0.25, 0.3) is 5.91 Å². The summed E-state index contributed by atoms with van der Waals surface area (Å²) in [5.41, 5.74) is 1.53. The fourth-order valence-corrected chi connectivity index (χ4v) is 3.30. The predicted octanol–water partition coefficient (Wildman–Crippen LogP) is 5.19. The molecule has 35 heavy (non-hydrogen) atoms. The Labute approximate surface area is 208 Å². The van der Waals surface area contributed by atoms with Gasteiger partial charge in [0.1, 0.15) is 17.4 Å². The summed E-state index contributed by atoms with van der Waals surface area (Å²) in [6, 6.07) is 20.4. The lowest BCUT2D eigenvalue weighted by Crippen LogP contribution is -2.23. The van der Waals surface area contributed by atoms with Crippen LogP contribution in [-0.4, -0.2) is 25.6 Å². The number of nitriles is 1. The van der Waals surface area contributed by atoms with E-state index >= 15 is 0 Å². The highest BCUT2D eigenvalue weighted by molar-refractivity contribution is 6.33. The minimum absolute atomic E-state index is 0.0817. The molecule has 0 aromatic heterocycles. The smallest absolute Gasteiger partial charge is 0.345 e. The largest absolute Gasteiger partial charge is 0.497 e. The molecule has 0 aliphatic rings. The number of ether oxygens (including phenoxy) is 3. The number of nitrogens with one attached hydrogen (secondary N) is 1. The standard InChI is InChI=1S/C27H23ClN2O5/c1-3-34-25-15-19(10-13-24(25)35-27(32)22-6-4-5-7-23(22)28)14-20(16-29)26(31)30-17-18-8-11-21(33-2)12-9-18/h4-15H,3,17H2,1-2H3,(H,30,31). The van der Waals surface area contributed by atoms with Crippen LogP contribution in [0.5, 0.6) is 17.2 Å². The summed E-state index contributed by atoms with van der Waals surface area (Å²) in [5.74, 6) is 0.0451. The molecule has 0 saturated heterocycles. The molecule has 0 bridgehead atoms. The highest BCUT2D eigenvalue weighted by Gasteiger charge is 2.16. The van der Waals surface area contributed by atoms with Crippen molar-refractivity contribution >= 4 is 29.6 Å². The van der Waals surface area contributed by atoms with Gasteiger partial charge in [-0.25, -0.2) is 4.79 Å². The fraction of sp³-hybridized carbons (Fsp3) is 0.148. The minimum atomic E-state index is -0.629. The number of carbonyl (C=O) groups excluding carboxylic acids is 2. The van der Waals surface area contributed by atoms with Crippen LogP contribution in [0.3, 0.4) is 0 Å². The zero-order valence-electron chi connectivity index (χ0n) is 19.2. The maximum Gasteiger partial charge on any atom is 0.345 e. The van der Waals surface area contributed by atoms with E-state index in [1.54, 1.807) is 62.6 Å². The summed E-state index contributed by atoms with van der Waals surface area (Å²) in [6.07, 6.45) is 1.44. The van der Waals surface area contributed by atoms with Crippen LogP contribution in [0.2, 0.25) is 5.02 Å². The Morgan fingerprint density at radius 1 is 1.06 bits per heavy atom. The highest BCUT2D eigenvalue weighted by atomic mass is 35.5. The quantitative estimate of drug-likeness (QED) is 0.192. The fourth-order valence-electron chi connectivity index (χ4n) is 3.08. The van der Waals surface area contributed by atoms with Gasteiger partial charge in [0.05, 0.1) is 24.3 Å². The molecule has 0 unspecified atom stereocenters. The normalized spacial score (nSPS) is 10.7. The van der Waals surface area contributed by atoms with Crippen LogP contribution in [0, 0.1) is 11.3 Å². The molecule has 0 fully saturated rings. The summed E-state index contributed by atoms with van der Waals surface area (Å²) in [7, 11) is 1.58. The highest BCUT2D eigenvalue weighted by Crippen LogP contribution is 2.31. The molecular weight excluding hydrogens is 468 g/mol. The second kappa shape index (κ2) is 12.3. The Bertz CT molecular complexity index is 1280. The van der Waals surface area contributed by atoms with Crippen LogP contribution in [0.4, 0.5) is 0 Å². The summed E-state index contributed by atoms with van der Waals surface area (Å²) in [5, 5.41) is 12.5. The zero-order chi connectivity index (χ0) is 25.2. The second-order valence-electron chi connectivity index (χ2n) is 7.21. The van der Waals surface area contributed by atoms with Gasteiger partial charge >= 0.3 is 5.97 Å². The third-order valence-corrected chi connectivity index (χ3v) is 5.18. The molecule has 7 nitrogen and oxygen atoms in total. The molecule has 8 heteroatoms. The Hall–Kier alpha value is -4.28. The molecule has 0 aliphatic carbocycles. The van der Waals surface area contributed by atoms with E-state index in [-0.39, 0.29) is 34.2 Å². The number of amides is 1. The third kappa shape index (κ3) is 6.85. The number of methoxy groups -OCH3 is 1. The molecular formula is C27H23ClN2O5. The Kier molecular flexibility index (Phi) is 8.88. The van der Waals surface area contributed by atoms with Gasteiger partial charge < -0.3 is 19.5 Å². The molecule has 0 saturated carbocycles. The van der Waals surface area contributed by atoms with Gasteiger partial charge in [0, 0.05) is 6.54 Å². The summed E-state index contributed by atoms with van der Waals surface area (Å²) in [6.45, 7) is 2.36. The number of hydrogen-bond acceptors (Lipinski definition) is 6. The first-order valence-corrected chi connectivity index (χ1v) is 11.1. The Morgan fingerprint density at radius 3 is 2.46 bits per heavy atom. The van der Waals surface area contributed by atoms with Crippen LogP contribution in [0.1, 0.15) is 28.4 Å². The first-order valence-electron chi connectivity index (χ1n) is 10.7. The van der Waals surface area contributed by atoms with E-state index < -0.39 is 11.9 Å². The maximum atomic E-state index is 12.5. The van der Waals surface area contributed by atoms with Crippen LogP contribution in [-0.2, 0) is 11.3 Å². The topological polar surface area (TPSA) is 97.7 Å². The third-order valence-electron chi connectivity index (χ3n) is 4.85. The lowest BCUT2D eigenvalue weighted by molar-refractivity contribution is -0.117. The predicted molar refractivity (Wildman–Crippen MR) is 132 cm³/mol. The van der Waals surface area contributed by atoms with Crippen molar-refractivity contribution in [2.75, 3.05) is 13.7 Å². The molecule has 3 rings (SSSR count). The van der Waals surface area contributed by atoms with E-state index in [1.807, 2.05) is 18.2 Å². The molecule has 0 spiro atoms. The van der Waals surface area contributed by atoms with E-state index in [2.05, 4.69) is 5.32 Å². The van der Waals surface area contributed by atoms with E-state index in [4.69, 9.17) is 25.8 Å². The number of halogens is 1. The van der Waals surface area contributed by atoms with Gasteiger partial charge in [-0.15, -0.1) is 0 Å². The van der Waals surface area contributed by atoms with Crippen molar-refractivity contribution in [2.24, 2.45) is 0 Å². The molecule has 3 aromatic rings. The molecule has 3 aromatic carbocycles. The average molecular weight is 491 g/mol. The van der Waals surface area contributed by atoms with E-state index in [0.717, 1.165) is 5.56 Å². The first-order chi connectivity index (χ1) is 16.9. The van der Waals surface area contributed by atoms with Crippen molar-refractivity contribution in [1.29, 1.82) is 5.26 Å². The molecule has 178 valence electrons. The molecule has 0 atom stereocenters. The number of nitrogens with zero attached hydrogens (tertiary/aromatic N) is 1. The second-order valence-corrected chi connectivity index (χ2v) is 7.62. The van der Waals surface area contributed by atoms with Crippen LogP contribution in [0.25, 0.3) is 6.08 Å². The number of rotatable bonds is 9. The van der Waals surface area contributed by atoms with Crippen molar-refractivity contribution in [1.82, 2.24) is 5.32 Å². The molecule has 0 radical (unpaired) electrons. The Balaban J connectivity index is 1.75. The SMILES string of the molecule is CCOc1cc(C=C(C#N)C(=O)NCc2ccc(OC)cc2)ccc1OC(=O)c1ccccc1Cl. The lowest BCUT2D eigenvalue weighted by atomic mass is 10.1. The first kappa shape index (κ1) is 25.3. The molecule has 0 aliphatic heterocycles. The number of esters is 1. The van der Waals surface area contributed by atoms with Gasteiger partial charge in [0.15, 0.2) is 11.5 Å². The summed E-state index contributed by atoms with van der Waals surface area (Å²) < 4.78 is 16.2. The van der Waals surface area contributed by atoms with Crippen LogP contribution < -0.4 is 19.5 Å².